The minimum Gasteiger partial charge on any atom is -0.447 e. The van der Waals surface area contributed by atoms with E-state index in [1.54, 1.807) is 20.9 Å². The number of aromatic nitrogens is 2. The highest BCUT2D eigenvalue weighted by atomic mass is 16.6. The largest absolute Gasteiger partial charge is 0.447 e. The molecule has 7 heteroatoms. The number of carbonyl (C=O) groups is 3. The third-order valence-electron chi connectivity index (χ3n) is 3.00. The van der Waals surface area contributed by atoms with Crippen LogP contribution in [-0.4, -0.2) is 40.1 Å². The van der Waals surface area contributed by atoms with Gasteiger partial charge in [-0.05, 0) is 20.8 Å². The van der Waals surface area contributed by atoms with Crippen molar-refractivity contribution in [3.8, 4) is 0 Å². The smallest absolute Gasteiger partial charge is 0.380 e. The van der Waals surface area contributed by atoms with E-state index in [1.165, 1.54) is 17.7 Å². The quantitative estimate of drug-likeness (QED) is 0.356. The molecule has 1 amide bonds. The van der Waals surface area contributed by atoms with Gasteiger partial charge in [-0.1, -0.05) is 6.08 Å². The Labute approximate surface area is 123 Å². The van der Waals surface area contributed by atoms with Crippen molar-refractivity contribution in [2.24, 2.45) is 7.05 Å². The van der Waals surface area contributed by atoms with E-state index in [0.29, 0.717) is 11.4 Å². The van der Waals surface area contributed by atoms with Crippen molar-refractivity contribution in [1.82, 2.24) is 15.1 Å². The van der Waals surface area contributed by atoms with Gasteiger partial charge in [0, 0.05) is 19.3 Å². The lowest BCUT2D eigenvalue weighted by atomic mass is 10.1. The zero-order valence-electron chi connectivity index (χ0n) is 12.6. The van der Waals surface area contributed by atoms with E-state index in [2.05, 4.69) is 17.0 Å². The molecular formula is C14H19N3O4. The maximum absolute atomic E-state index is 12.1. The predicted octanol–water partition coefficient (Wildman–Crippen LogP) is 0.454. The Kier molecular flexibility index (Phi) is 5.40. The van der Waals surface area contributed by atoms with E-state index in [9.17, 15) is 14.4 Å². The van der Waals surface area contributed by atoms with E-state index >= 15 is 0 Å². The van der Waals surface area contributed by atoms with Gasteiger partial charge < -0.3 is 10.1 Å². The molecule has 0 aliphatic rings. The van der Waals surface area contributed by atoms with E-state index in [0.717, 1.165) is 0 Å². The van der Waals surface area contributed by atoms with Crippen molar-refractivity contribution < 1.29 is 19.1 Å². The van der Waals surface area contributed by atoms with Gasteiger partial charge in [0.15, 0.2) is 6.10 Å². The summed E-state index contributed by atoms with van der Waals surface area (Å²) in [4.78, 5) is 35.5. The highest BCUT2D eigenvalue weighted by molar-refractivity contribution is 6.41. The number of hydrogen-bond donors (Lipinski definition) is 1. The van der Waals surface area contributed by atoms with Crippen molar-refractivity contribution in [2.45, 2.75) is 26.9 Å². The molecule has 0 saturated heterocycles. The van der Waals surface area contributed by atoms with Gasteiger partial charge >= 0.3 is 5.97 Å². The second-order valence-corrected chi connectivity index (χ2v) is 4.58. The molecule has 1 N–H and O–H groups in total. The molecule has 0 bridgehead atoms. The lowest BCUT2D eigenvalue weighted by Crippen LogP contribution is -2.37. The second-order valence-electron chi connectivity index (χ2n) is 4.58. The number of hydrogen-bond acceptors (Lipinski definition) is 5. The average molecular weight is 293 g/mol. The number of Topliss-reactive ketones (excluding diaryl/α,β-unsaturated/α-hetero) is 1. The van der Waals surface area contributed by atoms with Crippen molar-refractivity contribution in [3.05, 3.63) is 29.6 Å². The monoisotopic (exact) mass is 293 g/mol. The summed E-state index contributed by atoms with van der Waals surface area (Å²) in [5.74, 6) is -2.37. The highest BCUT2D eigenvalue weighted by Gasteiger charge is 2.28. The Morgan fingerprint density at radius 2 is 2.05 bits per heavy atom. The summed E-state index contributed by atoms with van der Waals surface area (Å²) in [5.41, 5.74) is 1.22. The van der Waals surface area contributed by atoms with Crippen LogP contribution in [0, 0.1) is 13.8 Å². The first-order valence-electron chi connectivity index (χ1n) is 6.43. The number of rotatable bonds is 6. The van der Waals surface area contributed by atoms with E-state index in [-0.39, 0.29) is 12.1 Å². The van der Waals surface area contributed by atoms with Gasteiger partial charge in [0.05, 0.1) is 11.3 Å². The van der Waals surface area contributed by atoms with Gasteiger partial charge in [0.1, 0.15) is 0 Å². The van der Waals surface area contributed by atoms with Gasteiger partial charge in [0.25, 0.3) is 11.7 Å². The van der Waals surface area contributed by atoms with Gasteiger partial charge in [-0.2, -0.15) is 5.10 Å². The Morgan fingerprint density at radius 3 is 2.52 bits per heavy atom. The zero-order valence-corrected chi connectivity index (χ0v) is 12.6. The van der Waals surface area contributed by atoms with Crippen LogP contribution in [0.5, 0.6) is 0 Å². The average Bonchev–Trinajstić information content (AvgIpc) is 2.68. The van der Waals surface area contributed by atoms with Crippen molar-refractivity contribution in [2.75, 3.05) is 6.54 Å². The van der Waals surface area contributed by atoms with Crippen LogP contribution in [0.15, 0.2) is 12.7 Å². The predicted molar refractivity (Wildman–Crippen MR) is 75.8 cm³/mol. The summed E-state index contributed by atoms with van der Waals surface area (Å²) < 4.78 is 6.38. The Bertz CT molecular complexity index is 589. The van der Waals surface area contributed by atoms with Crippen molar-refractivity contribution in [1.29, 1.82) is 0 Å². The number of nitrogens with zero attached hydrogens (tertiary/aromatic N) is 2. The molecule has 7 nitrogen and oxygen atoms in total. The standard InChI is InChI=1S/C14H19N3O4/c1-6-7-15-13(19)10(4)21-14(20)12(18)11-8(2)16-17(5)9(11)3/h6,10H,1,7H2,2-5H3,(H,15,19). The molecule has 0 spiro atoms. The summed E-state index contributed by atoms with van der Waals surface area (Å²) >= 11 is 0. The number of ether oxygens (including phenoxy) is 1. The third-order valence-corrected chi connectivity index (χ3v) is 3.00. The minimum atomic E-state index is -1.07. The van der Waals surface area contributed by atoms with E-state index in [4.69, 9.17) is 4.74 Å². The topological polar surface area (TPSA) is 90.3 Å². The highest BCUT2D eigenvalue weighted by Crippen LogP contribution is 2.13. The molecular weight excluding hydrogens is 274 g/mol. The molecule has 1 rings (SSSR count). The van der Waals surface area contributed by atoms with Gasteiger partial charge in [0.2, 0.25) is 0 Å². The van der Waals surface area contributed by atoms with E-state index < -0.39 is 23.8 Å². The minimum absolute atomic E-state index is 0.209. The molecule has 21 heavy (non-hydrogen) atoms. The van der Waals surface area contributed by atoms with Crippen LogP contribution in [0.1, 0.15) is 28.7 Å². The molecule has 0 fully saturated rings. The summed E-state index contributed by atoms with van der Waals surface area (Å²) in [5, 5.41) is 6.55. The molecule has 114 valence electrons. The molecule has 1 unspecified atom stereocenters. The van der Waals surface area contributed by atoms with Crippen LogP contribution >= 0.6 is 0 Å². The molecule has 0 radical (unpaired) electrons. The van der Waals surface area contributed by atoms with Crippen LogP contribution in [0.25, 0.3) is 0 Å². The lowest BCUT2D eigenvalue weighted by molar-refractivity contribution is -0.150. The fourth-order valence-electron chi connectivity index (χ4n) is 1.79. The summed E-state index contributed by atoms with van der Waals surface area (Å²) in [7, 11) is 1.68. The molecule has 0 aromatic carbocycles. The van der Waals surface area contributed by atoms with Gasteiger partial charge in [-0.15, -0.1) is 6.58 Å². The van der Waals surface area contributed by atoms with Gasteiger partial charge in [-0.3, -0.25) is 14.3 Å². The number of ketones is 1. The zero-order chi connectivity index (χ0) is 16.2. The van der Waals surface area contributed by atoms with E-state index in [1.807, 2.05) is 0 Å². The molecule has 0 aliphatic heterocycles. The molecule has 0 saturated carbocycles. The van der Waals surface area contributed by atoms with Crippen molar-refractivity contribution >= 4 is 17.7 Å². The summed E-state index contributed by atoms with van der Waals surface area (Å²) in [6, 6.07) is 0. The first-order valence-corrected chi connectivity index (χ1v) is 6.43. The number of nitrogens with one attached hydrogen (secondary N) is 1. The third kappa shape index (κ3) is 3.77. The number of carbonyl (C=O) groups excluding carboxylic acids is 3. The maximum Gasteiger partial charge on any atom is 0.380 e. The van der Waals surface area contributed by atoms with Crippen LogP contribution in [-0.2, 0) is 21.4 Å². The van der Waals surface area contributed by atoms with Crippen LogP contribution in [0.4, 0.5) is 0 Å². The van der Waals surface area contributed by atoms with Crippen LogP contribution in [0.2, 0.25) is 0 Å². The fraction of sp³-hybridized carbons (Fsp3) is 0.429. The Balaban J connectivity index is 2.77. The first-order chi connectivity index (χ1) is 9.79. The first kappa shape index (κ1) is 16.6. The Morgan fingerprint density at radius 1 is 1.43 bits per heavy atom. The number of amides is 1. The van der Waals surface area contributed by atoms with Crippen LogP contribution < -0.4 is 5.32 Å². The fourth-order valence-corrected chi connectivity index (χ4v) is 1.79. The SMILES string of the molecule is C=CCNC(=O)C(C)OC(=O)C(=O)c1c(C)nn(C)c1C. The molecule has 1 aromatic rings. The molecule has 1 heterocycles. The number of aryl methyl sites for hydroxylation is 2. The molecule has 1 atom stereocenters. The maximum atomic E-state index is 12.1. The summed E-state index contributed by atoms with van der Waals surface area (Å²) in [6.45, 7) is 8.43. The molecule has 1 aromatic heterocycles. The normalized spacial score (nSPS) is 11.6. The Hall–Kier alpha value is -2.44. The summed E-state index contributed by atoms with van der Waals surface area (Å²) in [6.07, 6.45) is 0.443. The second kappa shape index (κ2) is 6.83. The number of esters is 1. The van der Waals surface area contributed by atoms with Crippen molar-refractivity contribution in [3.63, 3.8) is 0 Å². The van der Waals surface area contributed by atoms with Crippen LogP contribution in [0.3, 0.4) is 0 Å². The lowest BCUT2D eigenvalue weighted by Gasteiger charge is -2.12. The molecule has 0 aliphatic carbocycles. The van der Waals surface area contributed by atoms with Gasteiger partial charge in [-0.25, -0.2) is 4.79 Å².